The van der Waals surface area contributed by atoms with E-state index in [0.717, 1.165) is 6.07 Å². The predicted molar refractivity (Wildman–Crippen MR) is 119 cm³/mol. The van der Waals surface area contributed by atoms with Gasteiger partial charge in [-0.25, -0.2) is 8.78 Å². The molecular formula is C26H17F2NO4. The number of carbonyl (C=O) groups excluding carboxylic acids is 2. The molecule has 0 radical (unpaired) electrons. The van der Waals surface area contributed by atoms with Gasteiger partial charge in [0, 0.05) is 21.9 Å². The fourth-order valence-corrected chi connectivity index (χ4v) is 3.74. The third kappa shape index (κ3) is 3.78. The van der Waals surface area contributed by atoms with Crippen LogP contribution in [0.5, 0.6) is 0 Å². The van der Waals surface area contributed by atoms with Crippen molar-refractivity contribution < 1.29 is 27.2 Å². The minimum Gasteiger partial charge on any atom is -0.464 e. The van der Waals surface area contributed by atoms with Crippen LogP contribution in [-0.2, 0) is 11.2 Å². The second kappa shape index (κ2) is 8.02. The number of nitrogens with one attached hydrogen (secondary N) is 1. The molecule has 2 aromatic heterocycles. The van der Waals surface area contributed by atoms with Gasteiger partial charge in [0.1, 0.15) is 22.8 Å². The molecule has 5 nitrogen and oxygen atoms in total. The largest absolute Gasteiger partial charge is 0.464 e. The monoisotopic (exact) mass is 445 g/mol. The Morgan fingerprint density at radius 1 is 0.939 bits per heavy atom. The van der Waals surface area contributed by atoms with Crippen molar-refractivity contribution in [3.8, 4) is 0 Å². The maximum absolute atomic E-state index is 14.1. The molecule has 0 saturated heterocycles. The quantitative estimate of drug-likeness (QED) is 0.328. The van der Waals surface area contributed by atoms with Crippen LogP contribution in [0.2, 0.25) is 0 Å². The fraction of sp³-hybridized carbons (Fsp3) is 0.0769. The summed E-state index contributed by atoms with van der Waals surface area (Å²) in [4.78, 5) is 26.0. The van der Waals surface area contributed by atoms with Crippen LogP contribution in [-0.4, -0.2) is 11.7 Å². The summed E-state index contributed by atoms with van der Waals surface area (Å²) in [6.45, 7) is 1.60. The molecule has 2 heterocycles. The minimum atomic E-state index is -0.559. The van der Waals surface area contributed by atoms with E-state index in [-0.39, 0.29) is 23.4 Å². The summed E-state index contributed by atoms with van der Waals surface area (Å²) in [6.07, 6.45) is 1.29. The molecular weight excluding hydrogens is 428 g/mol. The molecule has 5 aromatic rings. The van der Waals surface area contributed by atoms with Gasteiger partial charge in [0.15, 0.2) is 5.76 Å². The van der Waals surface area contributed by atoms with Crippen molar-refractivity contribution in [3.05, 3.63) is 101 Å². The Balaban J connectivity index is 1.50. The van der Waals surface area contributed by atoms with E-state index in [1.165, 1.54) is 36.6 Å². The number of hydrogen-bond acceptors (Lipinski definition) is 4. The zero-order valence-electron chi connectivity index (χ0n) is 17.4. The van der Waals surface area contributed by atoms with Crippen LogP contribution in [0.15, 0.2) is 75.8 Å². The molecule has 0 fully saturated rings. The van der Waals surface area contributed by atoms with Crippen molar-refractivity contribution in [1.29, 1.82) is 0 Å². The number of halogens is 2. The Labute approximate surface area is 186 Å². The average Bonchev–Trinajstić information content (AvgIpc) is 3.36. The van der Waals surface area contributed by atoms with Crippen molar-refractivity contribution in [3.63, 3.8) is 0 Å². The molecule has 5 rings (SSSR count). The lowest BCUT2D eigenvalue weighted by Gasteiger charge is -2.06. The molecule has 0 saturated carbocycles. The number of benzene rings is 3. The maximum atomic E-state index is 14.1. The predicted octanol–water partition coefficient (Wildman–Crippen LogP) is 6.18. The lowest BCUT2D eigenvalue weighted by molar-refractivity contribution is -0.115. The second-order valence-electron chi connectivity index (χ2n) is 7.72. The molecule has 0 aliphatic carbocycles. The van der Waals surface area contributed by atoms with Crippen molar-refractivity contribution in [2.75, 3.05) is 5.32 Å². The first-order valence-electron chi connectivity index (χ1n) is 10.2. The van der Waals surface area contributed by atoms with E-state index in [2.05, 4.69) is 5.32 Å². The van der Waals surface area contributed by atoms with Gasteiger partial charge < -0.3 is 14.2 Å². The second-order valence-corrected chi connectivity index (χ2v) is 7.72. The van der Waals surface area contributed by atoms with Crippen LogP contribution in [0.1, 0.15) is 27.2 Å². The summed E-state index contributed by atoms with van der Waals surface area (Å²) in [5.74, 6) is -2.06. The summed E-state index contributed by atoms with van der Waals surface area (Å²) in [5.41, 5.74) is 2.08. The minimum absolute atomic E-state index is 0.101. The van der Waals surface area contributed by atoms with Gasteiger partial charge >= 0.3 is 0 Å². The van der Waals surface area contributed by atoms with E-state index in [9.17, 15) is 18.4 Å². The Morgan fingerprint density at radius 3 is 2.58 bits per heavy atom. The number of furan rings is 2. The molecule has 3 aromatic carbocycles. The van der Waals surface area contributed by atoms with Gasteiger partial charge in [-0.05, 0) is 48.9 Å². The highest BCUT2D eigenvalue weighted by Crippen LogP contribution is 2.33. The number of rotatable bonds is 5. The SMILES string of the molecule is Cc1ccc(C(=O)c2oc3ccccc3c2NC(=O)Cc2coc3ccc(F)cc23)cc1F. The van der Waals surface area contributed by atoms with Crippen LogP contribution in [0.3, 0.4) is 0 Å². The van der Waals surface area contributed by atoms with E-state index in [1.54, 1.807) is 31.2 Å². The zero-order chi connectivity index (χ0) is 23.1. The fourth-order valence-electron chi connectivity index (χ4n) is 3.74. The molecule has 1 amide bonds. The summed E-state index contributed by atoms with van der Waals surface area (Å²) < 4.78 is 38.8. The maximum Gasteiger partial charge on any atom is 0.230 e. The molecule has 0 unspecified atom stereocenters. The molecule has 164 valence electrons. The highest BCUT2D eigenvalue weighted by molar-refractivity contribution is 6.17. The molecule has 0 spiro atoms. The van der Waals surface area contributed by atoms with Gasteiger partial charge in [0.05, 0.1) is 18.4 Å². The Kier molecular flexibility index (Phi) is 5.01. The molecule has 0 bridgehead atoms. The van der Waals surface area contributed by atoms with Crippen LogP contribution in [0.25, 0.3) is 21.9 Å². The Bertz CT molecular complexity index is 1550. The molecule has 0 aliphatic heterocycles. The Morgan fingerprint density at radius 2 is 1.76 bits per heavy atom. The average molecular weight is 445 g/mol. The molecule has 0 atom stereocenters. The summed E-state index contributed by atoms with van der Waals surface area (Å²) >= 11 is 0. The zero-order valence-corrected chi connectivity index (χ0v) is 17.4. The molecule has 7 heteroatoms. The van der Waals surface area contributed by atoms with Gasteiger partial charge in [0.2, 0.25) is 11.7 Å². The van der Waals surface area contributed by atoms with E-state index in [0.29, 0.717) is 33.1 Å². The third-order valence-corrected chi connectivity index (χ3v) is 5.47. The number of amides is 1. The lowest BCUT2D eigenvalue weighted by Crippen LogP contribution is -2.16. The smallest absolute Gasteiger partial charge is 0.230 e. The first kappa shape index (κ1) is 20.6. The molecule has 0 aliphatic rings. The first-order chi connectivity index (χ1) is 15.9. The summed E-state index contributed by atoms with van der Waals surface area (Å²) in [5, 5.41) is 3.77. The van der Waals surface area contributed by atoms with Crippen LogP contribution in [0.4, 0.5) is 14.5 Å². The summed E-state index contributed by atoms with van der Waals surface area (Å²) in [6, 6.07) is 15.1. The number of anilines is 1. The number of aryl methyl sites for hydroxylation is 1. The van der Waals surface area contributed by atoms with E-state index >= 15 is 0 Å². The normalized spacial score (nSPS) is 11.2. The van der Waals surface area contributed by atoms with Gasteiger partial charge in [-0.3, -0.25) is 9.59 Å². The standard InChI is InChI=1S/C26H17F2NO4/c1-14-6-7-15(10-20(14)28)25(31)26-24(18-4-2-3-5-22(18)33-26)29-23(30)11-16-13-32-21-9-8-17(27)12-19(16)21/h2-10,12-13H,11H2,1H3,(H,29,30). The van der Waals surface area contributed by atoms with Gasteiger partial charge in [0.25, 0.3) is 0 Å². The topological polar surface area (TPSA) is 72.5 Å². The van der Waals surface area contributed by atoms with Gasteiger partial charge in [-0.15, -0.1) is 0 Å². The van der Waals surface area contributed by atoms with Crippen molar-refractivity contribution >= 4 is 39.3 Å². The Hall–Kier alpha value is -4.26. The number of para-hydroxylation sites is 1. The van der Waals surface area contributed by atoms with E-state index in [1.807, 2.05) is 0 Å². The number of carbonyl (C=O) groups is 2. The number of hydrogen-bond donors (Lipinski definition) is 1. The van der Waals surface area contributed by atoms with Gasteiger partial charge in [-0.1, -0.05) is 24.3 Å². The van der Waals surface area contributed by atoms with Gasteiger partial charge in [-0.2, -0.15) is 0 Å². The highest BCUT2D eigenvalue weighted by Gasteiger charge is 2.24. The number of fused-ring (bicyclic) bond motifs is 2. The first-order valence-corrected chi connectivity index (χ1v) is 10.2. The lowest BCUT2D eigenvalue weighted by atomic mass is 10.0. The third-order valence-electron chi connectivity index (χ3n) is 5.47. The number of ketones is 1. The van der Waals surface area contributed by atoms with Crippen LogP contribution < -0.4 is 5.32 Å². The highest BCUT2D eigenvalue weighted by atomic mass is 19.1. The molecule has 1 N–H and O–H groups in total. The van der Waals surface area contributed by atoms with E-state index < -0.39 is 23.3 Å². The van der Waals surface area contributed by atoms with E-state index in [4.69, 9.17) is 8.83 Å². The van der Waals surface area contributed by atoms with Crippen LogP contribution >= 0.6 is 0 Å². The van der Waals surface area contributed by atoms with Crippen molar-refractivity contribution in [1.82, 2.24) is 0 Å². The van der Waals surface area contributed by atoms with Crippen molar-refractivity contribution in [2.45, 2.75) is 13.3 Å². The van der Waals surface area contributed by atoms with Crippen LogP contribution in [0, 0.1) is 18.6 Å². The summed E-state index contributed by atoms with van der Waals surface area (Å²) in [7, 11) is 0. The van der Waals surface area contributed by atoms with Crippen molar-refractivity contribution in [2.24, 2.45) is 0 Å². The molecule has 33 heavy (non-hydrogen) atoms.